The number of hydrogen-bond donors (Lipinski definition) is 2. The molecule has 0 unspecified atom stereocenters. The third kappa shape index (κ3) is 2.85. The number of nitrogens with zero attached hydrogens (tertiary/aromatic N) is 2. The first-order valence-corrected chi connectivity index (χ1v) is 7.34. The van der Waals surface area contributed by atoms with Crippen molar-refractivity contribution in [2.75, 3.05) is 24.5 Å². The minimum Gasteiger partial charge on any atom is -0.478 e. The van der Waals surface area contributed by atoms with Crippen molar-refractivity contribution in [2.45, 2.75) is 25.7 Å². The molecule has 0 spiro atoms. The monoisotopic (exact) mass is 289 g/mol. The number of hydrogen-bond acceptors (Lipinski definition) is 3. The molecule has 0 aliphatic carbocycles. The van der Waals surface area contributed by atoms with Gasteiger partial charge in [0.2, 0.25) is 0 Å². The van der Waals surface area contributed by atoms with Crippen molar-refractivity contribution in [3.63, 3.8) is 0 Å². The number of carboxylic acid groups (broad SMARTS) is 1. The van der Waals surface area contributed by atoms with Crippen molar-refractivity contribution in [3.05, 3.63) is 29.3 Å². The van der Waals surface area contributed by atoms with Crippen molar-refractivity contribution < 1.29 is 14.7 Å². The van der Waals surface area contributed by atoms with Gasteiger partial charge in [0.05, 0.1) is 5.56 Å². The number of carbonyl (C=O) groups is 2. The lowest BCUT2D eigenvalue weighted by Crippen LogP contribution is -2.50. The molecule has 0 radical (unpaired) electrons. The lowest BCUT2D eigenvalue weighted by molar-refractivity contribution is 0.0697. The standard InChI is InChI=1S/C15H19N3O3/c19-14(20)12-4-5-13-11(10-12)6-9-18(13)15(21)16-17-7-2-1-3-8-17/h4-5,10H,1-3,6-9H2,(H,16,21)(H,19,20). The van der Waals surface area contributed by atoms with Gasteiger partial charge in [-0.2, -0.15) is 0 Å². The number of rotatable bonds is 2. The molecule has 0 bridgehead atoms. The maximum absolute atomic E-state index is 12.4. The largest absolute Gasteiger partial charge is 0.478 e. The number of fused-ring (bicyclic) bond motifs is 1. The Bertz CT molecular complexity index is 567. The molecule has 112 valence electrons. The molecule has 0 aromatic heterocycles. The van der Waals surface area contributed by atoms with Gasteiger partial charge in [-0.05, 0) is 43.0 Å². The number of aromatic carboxylic acids is 1. The zero-order valence-electron chi connectivity index (χ0n) is 11.8. The summed E-state index contributed by atoms with van der Waals surface area (Å²) in [6.45, 7) is 2.38. The number of amides is 2. The summed E-state index contributed by atoms with van der Waals surface area (Å²) in [6.07, 6.45) is 4.14. The molecule has 2 aliphatic rings. The molecule has 0 atom stereocenters. The maximum Gasteiger partial charge on any atom is 0.336 e. The van der Waals surface area contributed by atoms with Crippen LogP contribution in [0.4, 0.5) is 10.5 Å². The number of piperidine rings is 1. The molecule has 1 aromatic carbocycles. The summed E-state index contributed by atoms with van der Waals surface area (Å²) in [5.74, 6) is -0.936. The van der Waals surface area contributed by atoms with Crippen LogP contribution in [0, 0.1) is 0 Å². The Morgan fingerprint density at radius 3 is 2.57 bits per heavy atom. The van der Waals surface area contributed by atoms with E-state index in [9.17, 15) is 9.59 Å². The van der Waals surface area contributed by atoms with Crippen molar-refractivity contribution in [3.8, 4) is 0 Å². The van der Waals surface area contributed by atoms with E-state index in [4.69, 9.17) is 5.11 Å². The Morgan fingerprint density at radius 1 is 1.10 bits per heavy atom. The summed E-state index contributed by atoms with van der Waals surface area (Å²) in [7, 11) is 0. The average Bonchev–Trinajstić information content (AvgIpc) is 2.91. The fraction of sp³-hybridized carbons (Fsp3) is 0.467. The molecule has 1 saturated heterocycles. The number of carbonyl (C=O) groups excluding carboxylic acids is 1. The van der Waals surface area contributed by atoms with Crippen LogP contribution in [0.25, 0.3) is 0 Å². The predicted molar refractivity (Wildman–Crippen MR) is 78.4 cm³/mol. The van der Waals surface area contributed by atoms with Crippen LogP contribution in [-0.4, -0.2) is 41.8 Å². The minimum atomic E-state index is -0.936. The topological polar surface area (TPSA) is 72.9 Å². The molecule has 2 amide bonds. The molecule has 6 heteroatoms. The van der Waals surface area contributed by atoms with Crippen molar-refractivity contribution in [1.82, 2.24) is 10.4 Å². The fourth-order valence-electron chi connectivity index (χ4n) is 2.95. The summed E-state index contributed by atoms with van der Waals surface area (Å²) < 4.78 is 0. The molecule has 6 nitrogen and oxygen atoms in total. The number of urea groups is 1. The van der Waals surface area contributed by atoms with Gasteiger partial charge in [-0.3, -0.25) is 10.3 Å². The Labute approximate surface area is 123 Å². The van der Waals surface area contributed by atoms with E-state index in [1.54, 1.807) is 23.1 Å². The molecular formula is C15H19N3O3. The molecule has 1 fully saturated rings. The first kappa shape index (κ1) is 13.9. The van der Waals surface area contributed by atoms with Crippen LogP contribution in [0.2, 0.25) is 0 Å². The number of carboxylic acids is 1. The van der Waals surface area contributed by atoms with Gasteiger partial charge in [0, 0.05) is 25.3 Å². The van der Waals surface area contributed by atoms with Gasteiger partial charge < -0.3 is 5.11 Å². The highest BCUT2D eigenvalue weighted by molar-refractivity contribution is 5.95. The predicted octanol–water partition coefficient (Wildman–Crippen LogP) is 1.86. The van der Waals surface area contributed by atoms with Gasteiger partial charge in [0.25, 0.3) is 0 Å². The highest BCUT2D eigenvalue weighted by Crippen LogP contribution is 2.29. The van der Waals surface area contributed by atoms with Crippen LogP contribution in [-0.2, 0) is 6.42 Å². The molecule has 3 rings (SSSR count). The normalized spacial score (nSPS) is 18.4. The van der Waals surface area contributed by atoms with E-state index in [1.165, 1.54) is 6.42 Å². The summed E-state index contributed by atoms with van der Waals surface area (Å²) >= 11 is 0. The first-order valence-electron chi connectivity index (χ1n) is 7.34. The van der Waals surface area contributed by atoms with E-state index in [0.717, 1.165) is 37.2 Å². The smallest absolute Gasteiger partial charge is 0.336 e. The van der Waals surface area contributed by atoms with Gasteiger partial charge in [0.15, 0.2) is 0 Å². The lowest BCUT2D eigenvalue weighted by Gasteiger charge is -2.29. The van der Waals surface area contributed by atoms with Crippen LogP contribution < -0.4 is 10.3 Å². The second-order valence-electron chi connectivity index (χ2n) is 5.51. The fourth-order valence-corrected chi connectivity index (χ4v) is 2.95. The molecule has 1 aromatic rings. The Morgan fingerprint density at radius 2 is 1.86 bits per heavy atom. The highest BCUT2D eigenvalue weighted by atomic mass is 16.4. The van der Waals surface area contributed by atoms with Crippen LogP contribution in [0.5, 0.6) is 0 Å². The number of nitrogens with one attached hydrogen (secondary N) is 1. The number of anilines is 1. The molecule has 21 heavy (non-hydrogen) atoms. The molecule has 2 heterocycles. The van der Waals surface area contributed by atoms with Gasteiger partial charge >= 0.3 is 12.0 Å². The maximum atomic E-state index is 12.4. The number of benzene rings is 1. The van der Waals surface area contributed by atoms with Crippen LogP contribution in [0.3, 0.4) is 0 Å². The van der Waals surface area contributed by atoms with Gasteiger partial charge in [-0.15, -0.1) is 0 Å². The van der Waals surface area contributed by atoms with Crippen molar-refractivity contribution in [2.24, 2.45) is 0 Å². The summed E-state index contributed by atoms with van der Waals surface area (Å²) in [5.41, 5.74) is 4.95. The highest BCUT2D eigenvalue weighted by Gasteiger charge is 2.26. The van der Waals surface area contributed by atoms with Gasteiger partial charge in [-0.1, -0.05) is 6.42 Å². The van der Waals surface area contributed by atoms with E-state index in [-0.39, 0.29) is 11.6 Å². The first-order chi connectivity index (χ1) is 10.1. The lowest BCUT2D eigenvalue weighted by atomic mass is 10.1. The Hall–Kier alpha value is -2.08. The third-order valence-corrected chi connectivity index (χ3v) is 4.08. The van der Waals surface area contributed by atoms with Gasteiger partial charge in [-0.25, -0.2) is 14.6 Å². The SMILES string of the molecule is O=C(O)c1ccc2c(c1)CCN2C(=O)NN1CCCCC1. The van der Waals surface area contributed by atoms with E-state index < -0.39 is 5.97 Å². The molecule has 2 aliphatic heterocycles. The second kappa shape index (κ2) is 5.73. The van der Waals surface area contributed by atoms with Gasteiger partial charge in [0.1, 0.15) is 0 Å². The second-order valence-corrected chi connectivity index (χ2v) is 5.51. The van der Waals surface area contributed by atoms with E-state index in [2.05, 4.69) is 5.43 Å². The van der Waals surface area contributed by atoms with Crippen molar-refractivity contribution in [1.29, 1.82) is 0 Å². The minimum absolute atomic E-state index is 0.126. The number of hydrazine groups is 1. The zero-order chi connectivity index (χ0) is 14.8. The molecular weight excluding hydrogens is 270 g/mol. The average molecular weight is 289 g/mol. The summed E-state index contributed by atoms with van der Waals surface area (Å²) in [6, 6.07) is 4.81. The van der Waals surface area contributed by atoms with Crippen LogP contribution in [0.15, 0.2) is 18.2 Å². The zero-order valence-corrected chi connectivity index (χ0v) is 11.8. The quantitative estimate of drug-likeness (QED) is 0.871. The molecule has 2 N–H and O–H groups in total. The summed E-state index contributed by atoms with van der Waals surface area (Å²) in [5, 5.41) is 11.0. The van der Waals surface area contributed by atoms with Crippen LogP contribution in [0.1, 0.15) is 35.2 Å². The Kier molecular flexibility index (Phi) is 3.79. The third-order valence-electron chi connectivity index (χ3n) is 4.08. The van der Waals surface area contributed by atoms with Crippen LogP contribution >= 0.6 is 0 Å². The van der Waals surface area contributed by atoms with E-state index >= 15 is 0 Å². The molecule has 0 saturated carbocycles. The van der Waals surface area contributed by atoms with E-state index in [1.807, 2.05) is 5.01 Å². The van der Waals surface area contributed by atoms with Crippen molar-refractivity contribution >= 4 is 17.7 Å². The Balaban J connectivity index is 1.71. The summed E-state index contributed by atoms with van der Waals surface area (Å²) in [4.78, 5) is 25.0. The van der Waals surface area contributed by atoms with E-state index in [0.29, 0.717) is 13.0 Å².